The molecular weight excluding hydrogens is 246 g/mol. The molecule has 3 nitrogen and oxygen atoms in total. The highest BCUT2D eigenvalue weighted by molar-refractivity contribution is 7.54. The summed E-state index contributed by atoms with van der Waals surface area (Å²) in [5, 5.41) is 0. The van der Waals surface area contributed by atoms with Crippen LogP contribution in [-0.4, -0.2) is 31.1 Å². The summed E-state index contributed by atoms with van der Waals surface area (Å²) in [6.45, 7) is 5.83. The monoisotopic (exact) mass is 260 g/mol. The molecule has 6 heteroatoms. The maximum Gasteiger partial charge on any atom is 0.334 e. The molecule has 14 heavy (non-hydrogen) atoms. The molecule has 0 heterocycles. The van der Waals surface area contributed by atoms with Gasteiger partial charge in [0.25, 0.3) is 0 Å². The zero-order valence-electron chi connectivity index (χ0n) is 8.17. The van der Waals surface area contributed by atoms with Crippen LogP contribution in [0.15, 0.2) is 12.2 Å². The first-order chi connectivity index (χ1) is 6.54. The smallest absolute Gasteiger partial charge is 0.307 e. The average Bonchev–Trinajstić information content (AvgIpc) is 2.11. The van der Waals surface area contributed by atoms with Gasteiger partial charge in [0.2, 0.25) is 0 Å². The minimum absolute atomic E-state index is 0.203. The standard InChI is InChI=1S/C8H15Cl2O3P/c1-8(2)7-14(11,12-5-3-9)13-6-4-10/h1,3-7H2,2H3. The SMILES string of the molecule is C=C(C)CP(=O)(OCCCl)OCCCl. The van der Waals surface area contributed by atoms with Crippen molar-refractivity contribution in [3.8, 4) is 0 Å². The van der Waals surface area contributed by atoms with Crippen LogP contribution in [0.5, 0.6) is 0 Å². The van der Waals surface area contributed by atoms with Crippen molar-refractivity contribution >= 4 is 30.8 Å². The van der Waals surface area contributed by atoms with Gasteiger partial charge in [0.15, 0.2) is 0 Å². The predicted molar refractivity (Wildman–Crippen MR) is 60.6 cm³/mol. The van der Waals surface area contributed by atoms with Crippen molar-refractivity contribution in [2.24, 2.45) is 0 Å². The Kier molecular flexibility index (Phi) is 7.98. The van der Waals surface area contributed by atoms with E-state index < -0.39 is 7.60 Å². The lowest BCUT2D eigenvalue weighted by Crippen LogP contribution is -2.04. The van der Waals surface area contributed by atoms with Crippen LogP contribution in [0.2, 0.25) is 0 Å². The van der Waals surface area contributed by atoms with Crippen molar-refractivity contribution in [1.29, 1.82) is 0 Å². The van der Waals surface area contributed by atoms with Gasteiger partial charge in [-0.3, -0.25) is 4.57 Å². The van der Waals surface area contributed by atoms with Crippen LogP contribution in [0.25, 0.3) is 0 Å². The van der Waals surface area contributed by atoms with Gasteiger partial charge in [-0.05, 0) is 6.92 Å². The molecule has 0 radical (unpaired) electrons. The quantitative estimate of drug-likeness (QED) is 0.382. The highest BCUT2D eigenvalue weighted by Crippen LogP contribution is 2.49. The van der Waals surface area contributed by atoms with Crippen molar-refractivity contribution < 1.29 is 13.6 Å². The van der Waals surface area contributed by atoms with Crippen molar-refractivity contribution in [3.63, 3.8) is 0 Å². The summed E-state index contributed by atoms with van der Waals surface area (Å²) in [4.78, 5) is 0. The first-order valence-electron chi connectivity index (χ1n) is 4.18. The molecule has 0 amide bonds. The molecule has 0 spiro atoms. The van der Waals surface area contributed by atoms with Gasteiger partial charge in [-0.25, -0.2) is 0 Å². The van der Waals surface area contributed by atoms with Crippen LogP contribution < -0.4 is 0 Å². The number of hydrogen-bond acceptors (Lipinski definition) is 3. The molecule has 0 aromatic carbocycles. The molecular formula is C8H15Cl2O3P. The molecule has 0 rings (SSSR count). The normalized spacial score (nSPS) is 11.6. The molecule has 0 unspecified atom stereocenters. The number of hydrogen-bond donors (Lipinski definition) is 0. The van der Waals surface area contributed by atoms with E-state index in [0.29, 0.717) is 0 Å². The van der Waals surface area contributed by atoms with Gasteiger partial charge in [0.05, 0.1) is 19.4 Å². The van der Waals surface area contributed by atoms with E-state index >= 15 is 0 Å². The molecule has 0 aromatic rings. The van der Waals surface area contributed by atoms with Gasteiger partial charge in [0, 0.05) is 11.8 Å². The zero-order valence-corrected chi connectivity index (χ0v) is 10.6. The molecule has 0 aliphatic heterocycles. The van der Waals surface area contributed by atoms with Gasteiger partial charge in [-0.1, -0.05) is 12.2 Å². The van der Waals surface area contributed by atoms with Gasteiger partial charge in [0.1, 0.15) is 0 Å². The minimum atomic E-state index is -3.08. The Hall–Kier alpha value is 0.470. The summed E-state index contributed by atoms with van der Waals surface area (Å²) in [6, 6.07) is 0. The molecule has 0 bridgehead atoms. The van der Waals surface area contributed by atoms with E-state index in [9.17, 15) is 4.57 Å². The van der Waals surface area contributed by atoms with Crippen molar-refractivity contribution in [2.45, 2.75) is 6.92 Å². The lowest BCUT2D eigenvalue weighted by atomic mass is 10.4. The van der Waals surface area contributed by atoms with Gasteiger partial charge in [-0.15, -0.1) is 23.2 Å². The molecule has 0 aliphatic carbocycles. The summed E-state index contributed by atoms with van der Waals surface area (Å²) in [5.74, 6) is 0.564. The zero-order chi connectivity index (χ0) is 11.0. The van der Waals surface area contributed by atoms with E-state index in [1.54, 1.807) is 6.92 Å². The summed E-state index contributed by atoms with van der Waals surface area (Å²) >= 11 is 10.9. The molecule has 0 fully saturated rings. The van der Waals surface area contributed by atoms with Crippen LogP contribution in [0.4, 0.5) is 0 Å². The first-order valence-corrected chi connectivity index (χ1v) is 6.98. The van der Waals surface area contributed by atoms with Crippen LogP contribution in [0.3, 0.4) is 0 Å². The van der Waals surface area contributed by atoms with E-state index in [2.05, 4.69) is 6.58 Å². The highest BCUT2D eigenvalue weighted by Gasteiger charge is 2.24. The molecule has 0 aliphatic rings. The fraction of sp³-hybridized carbons (Fsp3) is 0.750. The molecule has 0 saturated carbocycles. The second-order valence-corrected chi connectivity index (χ2v) is 5.58. The fourth-order valence-electron chi connectivity index (χ4n) is 0.806. The van der Waals surface area contributed by atoms with Gasteiger partial charge in [-0.2, -0.15) is 0 Å². The van der Waals surface area contributed by atoms with E-state index in [4.69, 9.17) is 32.2 Å². The molecule has 0 aromatic heterocycles. The van der Waals surface area contributed by atoms with Crippen molar-refractivity contribution in [1.82, 2.24) is 0 Å². The summed E-state index contributed by atoms with van der Waals surface area (Å²) in [6.07, 6.45) is 0.209. The summed E-state index contributed by atoms with van der Waals surface area (Å²) in [5.41, 5.74) is 0.748. The third kappa shape index (κ3) is 6.86. The Morgan fingerprint density at radius 3 is 2.00 bits per heavy atom. The average molecular weight is 261 g/mol. The number of rotatable bonds is 8. The molecule has 84 valence electrons. The number of halogens is 2. The maximum atomic E-state index is 11.9. The van der Waals surface area contributed by atoms with Crippen LogP contribution >= 0.6 is 30.8 Å². The second-order valence-electron chi connectivity index (χ2n) is 2.77. The molecule has 0 N–H and O–H groups in total. The van der Waals surface area contributed by atoms with Crippen LogP contribution in [0.1, 0.15) is 6.92 Å². The fourth-order valence-corrected chi connectivity index (χ4v) is 2.83. The van der Waals surface area contributed by atoms with Crippen LogP contribution in [0, 0.1) is 0 Å². The van der Waals surface area contributed by atoms with E-state index in [0.717, 1.165) is 5.57 Å². The number of alkyl halides is 2. The van der Waals surface area contributed by atoms with Crippen molar-refractivity contribution in [3.05, 3.63) is 12.2 Å². The van der Waals surface area contributed by atoms with Gasteiger partial charge >= 0.3 is 7.60 Å². The molecule has 0 saturated heterocycles. The Morgan fingerprint density at radius 2 is 1.71 bits per heavy atom. The largest absolute Gasteiger partial charge is 0.334 e. The topological polar surface area (TPSA) is 35.5 Å². The third-order valence-electron chi connectivity index (χ3n) is 1.19. The maximum absolute atomic E-state index is 11.9. The lowest BCUT2D eigenvalue weighted by Gasteiger charge is -2.17. The van der Waals surface area contributed by atoms with E-state index in [1.807, 2.05) is 0 Å². The van der Waals surface area contributed by atoms with Crippen LogP contribution in [-0.2, 0) is 13.6 Å². The molecule has 0 atom stereocenters. The highest BCUT2D eigenvalue weighted by atomic mass is 35.5. The lowest BCUT2D eigenvalue weighted by molar-refractivity contribution is 0.224. The summed E-state index contributed by atoms with van der Waals surface area (Å²) in [7, 11) is -3.08. The Morgan fingerprint density at radius 1 is 1.29 bits per heavy atom. The van der Waals surface area contributed by atoms with E-state index in [-0.39, 0.29) is 31.1 Å². The van der Waals surface area contributed by atoms with E-state index in [1.165, 1.54) is 0 Å². The Balaban J connectivity index is 4.18. The summed E-state index contributed by atoms with van der Waals surface area (Å²) < 4.78 is 22.1. The van der Waals surface area contributed by atoms with Crippen molar-refractivity contribution in [2.75, 3.05) is 31.1 Å². The minimum Gasteiger partial charge on any atom is -0.307 e. The Bertz CT molecular complexity index is 209. The third-order valence-corrected chi connectivity index (χ3v) is 3.58. The second kappa shape index (κ2) is 7.72. The predicted octanol–water partition coefficient (Wildman–Crippen LogP) is 3.27. The number of allylic oxidation sites excluding steroid dienone is 1. The first kappa shape index (κ1) is 14.5. The Labute approximate surface area is 94.9 Å². The van der Waals surface area contributed by atoms with Gasteiger partial charge < -0.3 is 9.05 Å².